The lowest BCUT2D eigenvalue weighted by molar-refractivity contribution is 0.162. The fourth-order valence-electron chi connectivity index (χ4n) is 2.92. The van der Waals surface area contributed by atoms with Gasteiger partial charge in [-0.15, -0.1) is 0 Å². The Labute approximate surface area is 130 Å². The first kappa shape index (κ1) is 14.6. The third-order valence-corrected chi connectivity index (χ3v) is 4.23. The number of nitrogens with two attached hydrogens (primary N) is 1. The molecule has 0 aromatic heterocycles. The van der Waals surface area contributed by atoms with E-state index in [4.69, 9.17) is 10.6 Å². The Morgan fingerprint density at radius 1 is 1.23 bits per heavy atom. The summed E-state index contributed by atoms with van der Waals surface area (Å²) in [6.07, 6.45) is 5.78. The zero-order valence-electron chi connectivity index (χ0n) is 12.7. The summed E-state index contributed by atoms with van der Waals surface area (Å²) in [5.41, 5.74) is 11.0. The zero-order chi connectivity index (χ0) is 15.4. The molecule has 2 aliphatic rings. The van der Waals surface area contributed by atoms with Gasteiger partial charge in [0.25, 0.3) is 0 Å². The van der Waals surface area contributed by atoms with Crippen molar-refractivity contribution < 1.29 is 4.74 Å². The number of amidine groups is 1. The summed E-state index contributed by atoms with van der Waals surface area (Å²) < 4.78 is 5.16. The first-order chi connectivity index (χ1) is 10.8. The first-order valence-electron chi connectivity index (χ1n) is 7.57. The molecule has 1 aliphatic heterocycles. The van der Waals surface area contributed by atoms with Crippen LogP contribution in [0.25, 0.3) is 0 Å². The standard InChI is InChI=1S/C15H22N6O/c1-22-12-7-5-11(6-8-12)13(17-16)14-18-20-15(21-19-14)9-3-2-4-10-15/h5-8,20-21H,2-4,9-10,16H2,1H3,(H,18,19)/b17-13-. The van der Waals surface area contributed by atoms with Crippen molar-refractivity contribution in [1.82, 2.24) is 16.3 Å². The number of ether oxygens (including phenoxy) is 1. The predicted octanol–water partition coefficient (Wildman–Crippen LogP) is 1.03. The minimum absolute atomic E-state index is 0.151. The molecular weight excluding hydrogens is 280 g/mol. The average Bonchev–Trinajstić information content (AvgIpc) is 2.59. The molecule has 1 aromatic carbocycles. The summed E-state index contributed by atoms with van der Waals surface area (Å²) in [7, 11) is 1.64. The van der Waals surface area contributed by atoms with Crippen LogP contribution in [0.1, 0.15) is 37.7 Å². The van der Waals surface area contributed by atoms with Gasteiger partial charge in [-0.2, -0.15) is 10.2 Å². The van der Waals surface area contributed by atoms with Gasteiger partial charge in [0, 0.05) is 5.56 Å². The number of hydrazine groups is 1. The van der Waals surface area contributed by atoms with Gasteiger partial charge >= 0.3 is 0 Å². The van der Waals surface area contributed by atoms with Gasteiger partial charge in [0.15, 0.2) is 5.84 Å². The number of hydrogen-bond acceptors (Lipinski definition) is 7. The molecule has 1 spiro atoms. The Morgan fingerprint density at radius 2 is 1.95 bits per heavy atom. The van der Waals surface area contributed by atoms with Crippen LogP contribution in [0.15, 0.2) is 34.5 Å². The maximum absolute atomic E-state index is 5.56. The molecular formula is C15H22N6O. The van der Waals surface area contributed by atoms with E-state index in [-0.39, 0.29) is 5.66 Å². The van der Waals surface area contributed by atoms with Gasteiger partial charge in [-0.05, 0) is 49.9 Å². The van der Waals surface area contributed by atoms with E-state index < -0.39 is 0 Å². The van der Waals surface area contributed by atoms with Crippen molar-refractivity contribution in [2.45, 2.75) is 37.8 Å². The lowest BCUT2D eigenvalue weighted by Crippen LogP contribution is -2.66. The first-order valence-corrected chi connectivity index (χ1v) is 7.57. The minimum atomic E-state index is -0.151. The van der Waals surface area contributed by atoms with E-state index in [2.05, 4.69) is 26.5 Å². The molecule has 0 bridgehead atoms. The molecule has 0 unspecified atom stereocenters. The van der Waals surface area contributed by atoms with Crippen LogP contribution < -0.4 is 26.9 Å². The van der Waals surface area contributed by atoms with Crippen LogP contribution in [0, 0.1) is 0 Å². The van der Waals surface area contributed by atoms with Crippen LogP contribution in [0.4, 0.5) is 0 Å². The Kier molecular flexibility index (Phi) is 4.15. The van der Waals surface area contributed by atoms with E-state index in [1.807, 2.05) is 24.3 Å². The Hall–Kier alpha value is -2.28. The molecule has 5 N–H and O–H groups in total. The molecule has 1 saturated carbocycles. The molecule has 118 valence electrons. The highest BCUT2D eigenvalue weighted by atomic mass is 16.5. The third-order valence-electron chi connectivity index (χ3n) is 4.23. The van der Waals surface area contributed by atoms with Crippen LogP contribution in [0.5, 0.6) is 5.75 Å². The van der Waals surface area contributed by atoms with E-state index in [1.54, 1.807) is 7.11 Å². The summed E-state index contributed by atoms with van der Waals surface area (Å²) in [4.78, 5) is 0. The van der Waals surface area contributed by atoms with Gasteiger partial charge in [-0.25, -0.2) is 5.43 Å². The quantitative estimate of drug-likeness (QED) is 0.380. The second-order valence-corrected chi connectivity index (χ2v) is 5.67. The molecule has 1 aromatic rings. The van der Waals surface area contributed by atoms with Gasteiger partial charge in [0.1, 0.15) is 17.1 Å². The number of nitrogens with zero attached hydrogens (tertiary/aromatic N) is 2. The average molecular weight is 302 g/mol. The highest BCUT2D eigenvalue weighted by Gasteiger charge is 2.34. The van der Waals surface area contributed by atoms with E-state index >= 15 is 0 Å². The van der Waals surface area contributed by atoms with E-state index in [1.165, 1.54) is 19.3 Å². The molecule has 0 atom stereocenters. The summed E-state index contributed by atoms with van der Waals surface area (Å²) in [5.74, 6) is 6.93. The van der Waals surface area contributed by atoms with E-state index in [9.17, 15) is 0 Å². The number of rotatable bonds is 3. The molecule has 22 heavy (non-hydrogen) atoms. The maximum atomic E-state index is 5.56. The van der Waals surface area contributed by atoms with Crippen LogP contribution in [0.3, 0.4) is 0 Å². The van der Waals surface area contributed by atoms with Gasteiger partial charge in [-0.3, -0.25) is 5.43 Å². The Balaban J connectivity index is 1.77. The van der Waals surface area contributed by atoms with Gasteiger partial charge in [0.2, 0.25) is 0 Å². The van der Waals surface area contributed by atoms with E-state index in [0.717, 1.165) is 24.2 Å². The van der Waals surface area contributed by atoms with Gasteiger partial charge in [0.05, 0.1) is 7.11 Å². The van der Waals surface area contributed by atoms with Crippen molar-refractivity contribution in [3.8, 4) is 5.75 Å². The summed E-state index contributed by atoms with van der Waals surface area (Å²) in [6.45, 7) is 0. The van der Waals surface area contributed by atoms with Gasteiger partial charge < -0.3 is 16.0 Å². The topological polar surface area (TPSA) is 96.1 Å². The normalized spacial score (nSPS) is 20.8. The second kappa shape index (κ2) is 6.23. The Bertz CT molecular complexity index is 574. The molecule has 0 saturated heterocycles. The fourth-order valence-corrected chi connectivity index (χ4v) is 2.92. The summed E-state index contributed by atoms with van der Waals surface area (Å²) in [5, 5.41) is 8.32. The fraction of sp³-hybridized carbons (Fsp3) is 0.467. The van der Waals surface area contributed by atoms with Crippen molar-refractivity contribution in [3.63, 3.8) is 0 Å². The van der Waals surface area contributed by atoms with Crippen LogP contribution in [-0.4, -0.2) is 24.3 Å². The zero-order valence-corrected chi connectivity index (χ0v) is 12.7. The predicted molar refractivity (Wildman–Crippen MR) is 86.4 cm³/mol. The van der Waals surface area contributed by atoms with Crippen LogP contribution >= 0.6 is 0 Å². The Morgan fingerprint density at radius 3 is 2.50 bits per heavy atom. The van der Waals surface area contributed by atoms with Crippen molar-refractivity contribution in [2.75, 3.05) is 7.11 Å². The molecule has 3 rings (SSSR count). The maximum Gasteiger partial charge on any atom is 0.188 e. The monoisotopic (exact) mass is 302 g/mol. The summed E-state index contributed by atoms with van der Waals surface area (Å²) >= 11 is 0. The summed E-state index contributed by atoms with van der Waals surface area (Å²) in [6, 6.07) is 7.54. The molecule has 1 heterocycles. The van der Waals surface area contributed by atoms with Crippen molar-refractivity contribution in [1.29, 1.82) is 0 Å². The molecule has 7 nitrogen and oxygen atoms in total. The smallest absolute Gasteiger partial charge is 0.188 e. The lowest BCUT2D eigenvalue weighted by Gasteiger charge is -2.40. The highest BCUT2D eigenvalue weighted by molar-refractivity contribution is 6.47. The lowest BCUT2D eigenvalue weighted by atomic mass is 9.90. The molecule has 0 radical (unpaired) electrons. The second-order valence-electron chi connectivity index (χ2n) is 5.67. The largest absolute Gasteiger partial charge is 0.497 e. The SMILES string of the molecule is COc1ccc(/C(=N/N)C2=NNC3(CCCCC3)NN2)cc1. The van der Waals surface area contributed by atoms with Crippen LogP contribution in [0.2, 0.25) is 0 Å². The molecule has 1 aliphatic carbocycles. The van der Waals surface area contributed by atoms with Crippen molar-refractivity contribution in [3.05, 3.63) is 29.8 Å². The molecule has 0 amide bonds. The molecule has 1 fully saturated rings. The number of hydrazone groups is 2. The molecule has 7 heteroatoms. The number of nitrogens with one attached hydrogen (secondary N) is 3. The number of methoxy groups -OCH3 is 1. The van der Waals surface area contributed by atoms with Gasteiger partial charge in [-0.1, -0.05) is 6.42 Å². The minimum Gasteiger partial charge on any atom is -0.497 e. The number of benzene rings is 1. The third kappa shape index (κ3) is 2.85. The van der Waals surface area contributed by atoms with Crippen molar-refractivity contribution >= 4 is 11.5 Å². The number of hydrogen-bond donors (Lipinski definition) is 4. The van der Waals surface area contributed by atoms with Crippen molar-refractivity contribution in [2.24, 2.45) is 16.0 Å². The van der Waals surface area contributed by atoms with Crippen LogP contribution in [-0.2, 0) is 0 Å². The highest BCUT2D eigenvalue weighted by Crippen LogP contribution is 2.26. The van der Waals surface area contributed by atoms with E-state index in [0.29, 0.717) is 11.5 Å².